The molecule has 0 aliphatic carbocycles. The van der Waals surface area contributed by atoms with Crippen molar-refractivity contribution in [2.75, 3.05) is 33.9 Å². The van der Waals surface area contributed by atoms with Crippen molar-refractivity contribution >= 4 is 5.91 Å². The molecule has 0 N–H and O–H groups in total. The topological polar surface area (TPSA) is 48.0 Å². The van der Waals surface area contributed by atoms with Crippen LogP contribution in [-0.4, -0.2) is 44.7 Å². The molecule has 1 aromatic rings. The van der Waals surface area contributed by atoms with E-state index in [0.29, 0.717) is 17.2 Å². The van der Waals surface area contributed by atoms with E-state index in [0.717, 1.165) is 25.9 Å². The molecule has 5 heteroatoms. The average Bonchev–Trinajstić information content (AvgIpc) is 2.81. The predicted molar refractivity (Wildman–Crippen MR) is 80.1 cm³/mol. The van der Waals surface area contributed by atoms with E-state index in [1.807, 2.05) is 4.90 Å². The molecule has 2 rings (SSSR count). The van der Waals surface area contributed by atoms with Gasteiger partial charge in [-0.15, -0.1) is 0 Å². The largest absolute Gasteiger partial charge is 0.496 e. The molecule has 1 saturated heterocycles. The summed E-state index contributed by atoms with van der Waals surface area (Å²) in [6.45, 7) is 1.73. The summed E-state index contributed by atoms with van der Waals surface area (Å²) in [6.07, 6.45) is 4.58. The zero-order valence-corrected chi connectivity index (χ0v) is 12.8. The van der Waals surface area contributed by atoms with Gasteiger partial charge >= 0.3 is 0 Å². The number of amides is 1. The van der Waals surface area contributed by atoms with Crippen molar-refractivity contribution in [3.63, 3.8) is 0 Å². The highest BCUT2D eigenvalue weighted by Crippen LogP contribution is 2.27. The van der Waals surface area contributed by atoms with Crippen LogP contribution >= 0.6 is 0 Å². The number of carbonyl (C=O) groups excluding carboxylic acids is 1. The Hall–Kier alpha value is -1.91. The minimum Gasteiger partial charge on any atom is -0.496 e. The first-order valence-electron chi connectivity index (χ1n) is 7.36. The number of hydrogen-bond donors (Lipinski definition) is 0. The quantitative estimate of drug-likeness (QED) is 0.837. The zero-order chi connectivity index (χ0) is 15.1. The van der Waals surface area contributed by atoms with E-state index in [1.165, 1.54) is 12.8 Å². The van der Waals surface area contributed by atoms with Crippen LogP contribution in [0.15, 0.2) is 18.2 Å². The smallest absolute Gasteiger partial charge is 0.260 e. The van der Waals surface area contributed by atoms with Gasteiger partial charge in [-0.3, -0.25) is 4.79 Å². The molecule has 0 radical (unpaired) electrons. The molecule has 1 amide bonds. The van der Waals surface area contributed by atoms with Crippen molar-refractivity contribution in [3.05, 3.63) is 18.2 Å². The molecular weight excluding hydrogens is 270 g/mol. The van der Waals surface area contributed by atoms with E-state index in [1.54, 1.807) is 32.4 Å². The third-order valence-electron chi connectivity index (χ3n) is 3.65. The highest BCUT2D eigenvalue weighted by molar-refractivity contribution is 5.77. The SMILES string of the molecule is COc1cc(OC)cc(OCC(=O)N2CCCCCC2)c1. The average molecular weight is 293 g/mol. The van der Waals surface area contributed by atoms with Gasteiger partial charge in [0.25, 0.3) is 5.91 Å². The molecule has 1 aromatic carbocycles. The molecular formula is C16H23NO4. The second-order valence-electron chi connectivity index (χ2n) is 5.13. The van der Waals surface area contributed by atoms with E-state index >= 15 is 0 Å². The van der Waals surface area contributed by atoms with E-state index in [2.05, 4.69) is 0 Å². The van der Waals surface area contributed by atoms with Crippen LogP contribution in [0.25, 0.3) is 0 Å². The van der Waals surface area contributed by atoms with Gasteiger partial charge in [0.15, 0.2) is 6.61 Å². The zero-order valence-electron chi connectivity index (χ0n) is 12.8. The Bertz CT molecular complexity index is 445. The Balaban J connectivity index is 1.93. The molecule has 0 aromatic heterocycles. The fourth-order valence-electron chi connectivity index (χ4n) is 2.42. The minimum atomic E-state index is 0.0405. The number of nitrogens with zero attached hydrogens (tertiary/aromatic N) is 1. The van der Waals surface area contributed by atoms with E-state index in [9.17, 15) is 4.79 Å². The van der Waals surface area contributed by atoms with Gasteiger partial charge in [0.2, 0.25) is 0 Å². The van der Waals surface area contributed by atoms with Gasteiger partial charge < -0.3 is 19.1 Å². The van der Waals surface area contributed by atoms with Crippen molar-refractivity contribution in [1.82, 2.24) is 4.90 Å². The van der Waals surface area contributed by atoms with Crippen molar-refractivity contribution in [2.24, 2.45) is 0 Å². The number of benzene rings is 1. The Kier molecular flexibility index (Phi) is 5.72. The first-order chi connectivity index (χ1) is 10.2. The van der Waals surface area contributed by atoms with Crippen LogP contribution in [0.1, 0.15) is 25.7 Å². The summed E-state index contributed by atoms with van der Waals surface area (Å²) in [6, 6.07) is 5.26. The minimum absolute atomic E-state index is 0.0405. The first-order valence-corrected chi connectivity index (χ1v) is 7.36. The van der Waals surface area contributed by atoms with Crippen LogP contribution in [-0.2, 0) is 4.79 Å². The Labute approximate surface area is 125 Å². The van der Waals surface area contributed by atoms with E-state index in [4.69, 9.17) is 14.2 Å². The van der Waals surface area contributed by atoms with Gasteiger partial charge in [-0.05, 0) is 12.8 Å². The lowest BCUT2D eigenvalue weighted by molar-refractivity contribution is -0.133. The molecule has 0 saturated carbocycles. The fraction of sp³-hybridized carbons (Fsp3) is 0.562. The summed E-state index contributed by atoms with van der Waals surface area (Å²) in [5.41, 5.74) is 0. The van der Waals surface area contributed by atoms with Gasteiger partial charge in [-0.1, -0.05) is 12.8 Å². The Morgan fingerprint density at radius 1 is 0.952 bits per heavy atom. The Morgan fingerprint density at radius 3 is 2.00 bits per heavy atom. The summed E-state index contributed by atoms with van der Waals surface area (Å²) < 4.78 is 16.0. The third kappa shape index (κ3) is 4.55. The van der Waals surface area contributed by atoms with Crippen molar-refractivity contribution in [1.29, 1.82) is 0 Å². The van der Waals surface area contributed by atoms with Crippen LogP contribution < -0.4 is 14.2 Å². The summed E-state index contributed by atoms with van der Waals surface area (Å²) >= 11 is 0. The van der Waals surface area contributed by atoms with Crippen LogP contribution in [0.2, 0.25) is 0 Å². The predicted octanol–water partition coefficient (Wildman–Crippen LogP) is 2.49. The maximum absolute atomic E-state index is 12.2. The molecule has 0 unspecified atom stereocenters. The number of rotatable bonds is 5. The van der Waals surface area contributed by atoms with Crippen LogP contribution in [0.4, 0.5) is 0 Å². The normalized spacial score (nSPS) is 15.2. The molecule has 21 heavy (non-hydrogen) atoms. The van der Waals surface area contributed by atoms with Gasteiger partial charge in [0, 0.05) is 31.3 Å². The number of carbonyl (C=O) groups is 1. The lowest BCUT2D eigenvalue weighted by Crippen LogP contribution is -2.35. The van der Waals surface area contributed by atoms with Crippen LogP contribution in [0.5, 0.6) is 17.2 Å². The lowest BCUT2D eigenvalue weighted by atomic mass is 10.2. The van der Waals surface area contributed by atoms with Gasteiger partial charge in [0.05, 0.1) is 14.2 Å². The molecule has 0 bridgehead atoms. The molecule has 1 aliphatic rings. The maximum atomic E-state index is 12.2. The molecule has 1 heterocycles. The molecule has 0 atom stereocenters. The molecule has 1 aliphatic heterocycles. The summed E-state index contributed by atoms with van der Waals surface area (Å²) in [7, 11) is 3.17. The third-order valence-corrected chi connectivity index (χ3v) is 3.65. The second kappa shape index (κ2) is 7.76. The van der Waals surface area contributed by atoms with Crippen molar-refractivity contribution in [3.8, 4) is 17.2 Å². The summed E-state index contributed by atoms with van der Waals surface area (Å²) in [4.78, 5) is 14.1. The molecule has 5 nitrogen and oxygen atoms in total. The van der Waals surface area contributed by atoms with E-state index in [-0.39, 0.29) is 12.5 Å². The molecule has 0 spiro atoms. The number of likely N-dealkylation sites (tertiary alicyclic amines) is 1. The fourth-order valence-corrected chi connectivity index (χ4v) is 2.42. The first kappa shape index (κ1) is 15.5. The lowest BCUT2D eigenvalue weighted by Gasteiger charge is -2.20. The molecule has 116 valence electrons. The van der Waals surface area contributed by atoms with Gasteiger partial charge in [0.1, 0.15) is 17.2 Å². The highest BCUT2D eigenvalue weighted by atomic mass is 16.5. The molecule has 1 fully saturated rings. The van der Waals surface area contributed by atoms with E-state index < -0.39 is 0 Å². The van der Waals surface area contributed by atoms with Crippen LogP contribution in [0.3, 0.4) is 0 Å². The second-order valence-corrected chi connectivity index (χ2v) is 5.13. The van der Waals surface area contributed by atoms with Crippen molar-refractivity contribution in [2.45, 2.75) is 25.7 Å². The van der Waals surface area contributed by atoms with Gasteiger partial charge in [-0.2, -0.15) is 0 Å². The highest BCUT2D eigenvalue weighted by Gasteiger charge is 2.16. The van der Waals surface area contributed by atoms with Gasteiger partial charge in [-0.25, -0.2) is 0 Å². The standard InChI is InChI=1S/C16H23NO4/c1-19-13-9-14(20-2)11-15(10-13)21-12-16(18)17-7-5-3-4-6-8-17/h9-11H,3-8,12H2,1-2H3. The summed E-state index contributed by atoms with van der Waals surface area (Å²) in [5.74, 6) is 1.91. The number of methoxy groups -OCH3 is 2. The number of ether oxygens (including phenoxy) is 3. The van der Waals surface area contributed by atoms with Crippen molar-refractivity contribution < 1.29 is 19.0 Å². The monoisotopic (exact) mass is 293 g/mol. The Morgan fingerprint density at radius 2 is 1.48 bits per heavy atom. The van der Waals surface area contributed by atoms with Crippen LogP contribution in [0, 0.1) is 0 Å². The maximum Gasteiger partial charge on any atom is 0.260 e. The summed E-state index contributed by atoms with van der Waals surface area (Å²) in [5, 5.41) is 0. The number of hydrogen-bond acceptors (Lipinski definition) is 4.